The molecule has 1 spiro atoms. The first-order valence-corrected chi connectivity index (χ1v) is 8.20. The molecule has 4 fully saturated rings. The monoisotopic (exact) mass is 333 g/mol. The van der Waals surface area contributed by atoms with Crippen molar-refractivity contribution in [1.82, 2.24) is 4.98 Å². The molecule has 4 aliphatic rings. The van der Waals surface area contributed by atoms with Gasteiger partial charge >= 0.3 is 0 Å². The number of nitrogens with one attached hydrogen (secondary N) is 1. The summed E-state index contributed by atoms with van der Waals surface area (Å²) in [5.41, 5.74) is -2.95. The normalized spacial score (nSPS) is 37.7. The second-order valence-electron chi connectivity index (χ2n) is 6.78. The predicted octanol–water partition coefficient (Wildman–Crippen LogP) is 2.59. The number of fused-ring (bicyclic) bond motifs is 2. The van der Waals surface area contributed by atoms with E-state index in [9.17, 15) is 15.8 Å². The van der Waals surface area contributed by atoms with Gasteiger partial charge in [-0.2, -0.15) is 15.8 Å². The van der Waals surface area contributed by atoms with Crippen LogP contribution in [-0.2, 0) is 9.47 Å². The van der Waals surface area contributed by atoms with Crippen molar-refractivity contribution >= 4 is 5.90 Å². The summed E-state index contributed by atoms with van der Waals surface area (Å²) in [5.74, 6) is -2.12. The number of rotatable bonds is 1. The highest BCUT2D eigenvalue weighted by molar-refractivity contribution is 5.89. The molecule has 1 saturated carbocycles. The Kier molecular flexibility index (Phi) is 3.13. The lowest BCUT2D eigenvalue weighted by atomic mass is 9.48. The first-order chi connectivity index (χ1) is 12.1. The second kappa shape index (κ2) is 5.02. The Morgan fingerprint density at radius 1 is 1.20 bits per heavy atom. The molecule has 4 atom stereocenters. The van der Waals surface area contributed by atoms with Gasteiger partial charge in [0.1, 0.15) is 6.10 Å². The number of hydrogen-bond donors (Lipinski definition) is 1. The molecule has 5 rings (SSSR count). The van der Waals surface area contributed by atoms with Crippen molar-refractivity contribution in [3.05, 3.63) is 30.1 Å². The van der Waals surface area contributed by atoms with Crippen LogP contribution in [-0.4, -0.2) is 16.7 Å². The van der Waals surface area contributed by atoms with Gasteiger partial charge in [-0.1, -0.05) is 12.5 Å². The molecule has 7 heteroatoms. The Hall–Kier alpha value is -2.95. The van der Waals surface area contributed by atoms with Crippen molar-refractivity contribution < 1.29 is 9.47 Å². The minimum Gasteiger partial charge on any atom is -0.447 e. The number of pyridine rings is 1. The number of aromatic nitrogens is 1. The maximum absolute atomic E-state index is 10.1. The molecule has 0 aromatic carbocycles. The van der Waals surface area contributed by atoms with Crippen LogP contribution in [0.2, 0.25) is 0 Å². The van der Waals surface area contributed by atoms with E-state index in [0.717, 1.165) is 12.8 Å². The maximum atomic E-state index is 10.1. The number of nitrogens with zero attached hydrogens (tertiary/aromatic N) is 4. The van der Waals surface area contributed by atoms with E-state index in [1.807, 2.05) is 0 Å². The van der Waals surface area contributed by atoms with E-state index in [4.69, 9.17) is 14.9 Å². The average molecular weight is 333 g/mol. The van der Waals surface area contributed by atoms with E-state index in [2.05, 4.69) is 23.2 Å². The zero-order valence-corrected chi connectivity index (χ0v) is 13.4. The third-order valence-corrected chi connectivity index (χ3v) is 5.80. The molecule has 1 aromatic heterocycles. The van der Waals surface area contributed by atoms with Crippen LogP contribution in [0.3, 0.4) is 0 Å². The average Bonchev–Trinajstić information content (AvgIpc) is 2.66. The van der Waals surface area contributed by atoms with Gasteiger partial charge in [0.15, 0.2) is 10.8 Å². The van der Waals surface area contributed by atoms with E-state index >= 15 is 0 Å². The molecule has 7 nitrogen and oxygen atoms in total. The SMILES string of the molecule is N#CC1(C#N)[C@@H]2CCCC[C@@]23OC(=N)[C@@]1(C#N)[C@@H](c1cccnc1)O3. The summed E-state index contributed by atoms with van der Waals surface area (Å²) in [6, 6.07) is 9.73. The largest absolute Gasteiger partial charge is 0.447 e. The minimum absolute atomic E-state index is 0.351. The van der Waals surface area contributed by atoms with Gasteiger partial charge in [0.2, 0.25) is 11.7 Å². The molecule has 124 valence electrons. The maximum Gasteiger partial charge on any atom is 0.218 e. The molecule has 1 aromatic rings. The van der Waals surface area contributed by atoms with Crippen molar-refractivity contribution in [1.29, 1.82) is 21.2 Å². The Bertz CT molecular complexity index is 850. The summed E-state index contributed by atoms with van der Waals surface area (Å²) >= 11 is 0. The summed E-state index contributed by atoms with van der Waals surface area (Å²) in [6.07, 6.45) is 4.88. The molecule has 4 heterocycles. The third kappa shape index (κ3) is 1.60. The van der Waals surface area contributed by atoms with E-state index in [0.29, 0.717) is 18.4 Å². The smallest absolute Gasteiger partial charge is 0.218 e. The lowest BCUT2D eigenvalue weighted by Crippen LogP contribution is -2.73. The van der Waals surface area contributed by atoms with Gasteiger partial charge in [0.05, 0.1) is 24.1 Å². The zero-order chi connectivity index (χ0) is 17.7. The van der Waals surface area contributed by atoms with E-state index in [1.165, 1.54) is 0 Å². The van der Waals surface area contributed by atoms with Gasteiger partial charge in [-0.25, -0.2) is 0 Å². The van der Waals surface area contributed by atoms with Gasteiger partial charge < -0.3 is 9.47 Å². The number of nitriles is 3. The van der Waals surface area contributed by atoms with Crippen molar-refractivity contribution in [3.63, 3.8) is 0 Å². The molecule has 0 amide bonds. The van der Waals surface area contributed by atoms with Crippen molar-refractivity contribution in [2.24, 2.45) is 16.7 Å². The Morgan fingerprint density at radius 2 is 2.00 bits per heavy atom. The van der Waals surface area contributed by atoms with Gasteiger partial charge in [-0.3, -0.25) is 10.4 Å². The molecular weight excluding hydrogens is 318 g/mol. The summed E-state index contributed by atoms with van der Waals surface area (Å²) < 4.78 is 12.1. The van der Waals surface area contributed by atoms with E-state index in [-0.39, 0.29) is 5.90 Å². The van der Waals surface area contributed by atoms with Gasteiger partial charge in [0, 0.05) is 24.4 Å². The predicted molar refractivity (Wildman–Crippen MR) is 83.3 cm³/mol. The highest BCUT2D eigenvalue weighted by Crippen LogP contribution is 2.69. The van der Waals surface area contributed by atoms with Crippen LogP contribution in [0.15, 0.2) is 24.5 Å². The molecular formula is C18H15N5O2. The van der Waals surface area contributed by atoms with Crippen LogP contribution in [0.4, 0.5) is 0 Å². The molecule has 3 aliphatic heterocycles. The third-order valence-electron chi connectivity index (χ3n) is 5.80. The van der Waals surface area contributed by atoms with Crippen LogP contribution >= 0.6 is 0 Å². The van der Waals surface area contributed by atoms with Crippen molar-refractivity contribution in [3.8, 4) is 18.2 Å². The molecule has 0 radical (unpaired) electrons. The molecule has 0 unspecified atom stereocenters. The quantitative estimate of drug-likeness (QED) is 0.841. The summed E-state index contributed by atoms with van der Waals surface area (Å²) in [7, 11) is 0. The first-order valence-electron chi connectivity index (χ1n) is 8.20. The molecule has 2 bridgehead atoms. The number of ether oxygens (including phenoxy) is 2. The molecule has 1 N–H and O–H groups in total. The fourth-order valence-corrected chi connectivity index (χ4v) is 4.67. The summed E-state index contributed by atoms with van der Waals surface area (Å²) in [4.78, 5) is 4.07. The molecule has 25 heavy (non-hydrogen) atoms. The van der Waals surface area contributed by atoms with Crippen LogP contribution in [0.1, 0.15) is 37.4 Å². The lowest BCUT2D eigenvalue weighted by Gasteiger charge is -2.63. The summed E-state index contributed by atoms with van der Waals surface area (Å²) in [6.45, 7) is 0. The standard InChI is InChI=1S/C18H15N5O2/c19-9-16(10-20)13-5-1-2-6-18(13)24-14(12-4-3-7-23-8-12)17(16,11-21)15(22)25-18/h3-4,7-8,13-14,22H,1-2,5-6H2/t13-,14+,17+,18+/m0/s1. The van der Waals surface area contributed by atoms with Crippen molar-refractivity contribution in [2.75, 3.05) is 0 Å². The van der Waals surface area contributed by atoms with Crippen LogP contribution in [0.25, 0.3) is 0 Å². The van der Waals surface area contributed by atoms with E-state index < -0.39 is 28.6 Å². The highest BCUT2D eigenvalue weighted by Gasteiger charge is 2.80. The zero-order valence-electron chi connectivity index (χ0n) is 13.4. The van der Waals surface area contributed by atoms with Crippen molar-refractivity contribution in [2.45, 2.75) is 37.6 Å². The lowest BCUT2D eigenvalue weighted by molar-refractivity contribution is -0.360. The Labute approximate surface area is 144 Å². The van der Waals surface area contributed by atoms with Crippen LogP contribution in [0, 0.1) is 56.2 Å². The second-order valence-corrected chi connectivity index (χ2v) is 6.78. The highest BCUT2D eigenvalue weighted by atomic mass is 16.7. The fraction of sp³-hybridized carbons (Fsp3) is 0.500. The minimum atomic E-state index is -1.82. The summed E-state index contributed by atoms with van der Waals surface area (Å²) in [5, 5.41) is 38.6. The van der Waals surface area contributed by atoms with Gasteiger partial charge in [-0.15, -0.1) is 0 Å². The Morgan fingerprint density at radius 3 is 2.64 bits per heavy atom. The van der Waals surface area contributed by atoms with Gasteiger partial charge in [-0.05, 0) is 18.9 Å². The van der Waals surface area contributed by atoms with Gasteiger partial charge in [0.25, 0.3) is 0 Å². The molecule has 3 saturated heterocycles. The van der Waals surface area contributed by atoms with E-state index in [1.54, 1.807) is 24.5 Å². The fourth-order valence-electron chi connectivity index (χ4n) is 4.67. The number of hydrogen-bond acceptors (Lipinski definition) is 7. The Balaban J connectivity index is 2.02. The molecule has 1 aliphatic carbocycles. The topological polar surface area (TPSA) is 127 Å². The van der Waals surface area contributed by atoms with Crippen LogP contribution < -0.4 is 0 Å². The van der Waals surface area contributed by atoms with Crippen LogP contribution in [0.5, 0.6) is 0 Å². The first kappa shape index (κ1) is 15.6.